The Morgan fingerprint density at radius 3 is 2.73 bits per heavy atom. The number of aromatic nitrogens is 1. The Balaban J connectivity index is 1.63. The second-order valence-electron chi connectivity index (χ2n) is 5.69. The molecule has 3 aromatic rings. The molecular formula is C18H14N2O4S2. The topological polar surface area (TPSA) is 76.6 Å². The summed E-state index contributed by atoms with van der Waals surface area (Å²) < 4.78 is 31.3. The molecule has 2 heterocycles. The van der Waals surface area contributed by atoms with Gasteiger partial charge in [-0.15, -0.1) is 11.3 Å². The monoisotopic (exact) mass is 386 g/mol. The van der Waals surface area contributed by atoms with E-state index in [0.29, 0.717) is 11.4 Å². The van der Waals surface area contributed by atoms with Gasteiger partial charge < -0.3 is 4.74 Å². The molecule has 1 aromatic heterocycles. The molecule has 0 saturated carbocycles. The second kappa shape index (κ2) is 6.22. The molecule has 0 atom stereocenters. The van der Waals surface area contributed by atoms with E-state index in [9.17, 15) is 13.2 Å². The molecule has 2 aromatic carbocycles. The van der Waals surface area contributed by atoms with Crippen LogP contribution < -0.4 is 4.74 Å². The Bertz CT molecular complexity index is 1110. The van der Waals surface area contributed by atoms with E-state index in [1.807, 2.05) is 24.3 Å². The van der Waals surface area contributed by atoms with Gasteiger partial charge in [0.05, 0.1) is 24.9 Å². The summed E-state index contributed by atoms with van der Waals surface area (Å²) >= 11 is 1.39. The smallest absolute Gasteiger partial charge is 0.269 e. The number of hydrogen-bond donors (Lipinski definition) is 0. The van der Waals surface area contributed by atoms with Crippen molar-refractivity contribution in [2.24, 2.45) is 0 Å². The first-order chi connectivity index (χ1) is 12.5. The summed E-state index contributed by atoms with van der Waals surface area (Å²) in [7, 11) is -2.24. The van der Waals surface area contributed by atoms with E-state index in [1.165, 1.54) is 23.5 Å². The normalized spacial score (nSPS) is 15.1. The lowest BCUT2D eigenvalue weighted by molar-refractivity contribution is 0.0864. The van der Waals surface area contributed by atoms with Gasteiger partial charge in [-0.25, -0.2) is 17.7 Å². The first kappa shape index (κ1) is 16.7. The molecule has 0 spiro atoms. The zero-order chi connectivity index (χ0) is 18.3. The van der Waals surface area contributed by atoms with E-state index in [-0.39, 0.29) is 17.0 Å². The number of hydrogen-bond acceptors (Lipinski definition) is 6. The van der Waals surface area contributed by atoms with Crippen molar-refractivity contribution in [2.75, 3.05) is 7.11 Å². The second-order valence-corrected chi connectivity index (χ2v) is 8.38. The van der Waals surface area contributed by atoms with Crippen molar-refractivity contribution in [3.05, 3.63) is 65.2 Å². The first-order valence-electron chi connectivity index (χ1n) is 7.75. The SMILES string of the molecule is COc1cccc(-c2nc(CN3C(=O)c4ccccc4S3(=O)=O)cs2)c1. The van der Waals surface area contributed by atoms with Crippen molar-refractivity contribution in [3.63, 3.8) is 0 Å². The lowest BCUT2D eigenvalue weighted by atomic mass is 10.2. The van der Waals surface area contributed by atoms with Gasteiger partial charge in [0, 0.05) is 10.9 Å². The molecule has 0 fully saturated rings. The summed E-state index contributed by atoms with van der Waals surface area (Å²) in [5.41, 5.74) is 1.60. The van der Waals surface area contributed by atoms with Crippen LogP contribution in [-0.4, -0.2) is 30.7 Å². The Labute approximate surface area is 154 Å². The number of sulfonamides is 1. The van der Waals surface area contributed by atoms with Crippen LogP contribution in [0.15, 0.2) is 58.8 Å². The van der Waals surface area contributed by atoms with Crippen LogP contribution in [-0.2, 0) is 16.6 Å². The molecule has 1 aliphatic rings. The van der Waals surface area contributed by atoms with E-state index in [0.717, 1.165) is 14.9 Å². The third-order valence-electron chi connectivity index (χ3n) is 4.09. The standard InChI is InChI=1S/C18H14N2O4S2/c1-24-14-6-4-5-12(9-14)17-19-13(11-25-17)10-20-18(21)15-7-2-3-8-16(15)26(20,22)23/h2-9,11H,10H2,1H3. The fourth-order valence-corrected chi connectivity index (χ4v) is 5.15. The van der Waals surface area contributed by atoms with Gasteiger partial charge in [-0.3, -0.25) is 4.79 Å². The third kappa shape index (κ3) is 2.67. The van der Waals surface area contributed by atoms with Gasteiger partial charge in [-0.05, 0) is 24.3 Å². The minimum absolute atomic E-state index is 0.0493. The average molecular weight is 386 g/mol. The molecule has 0 unspecified atom stereocenters. The minimum atomic E-state index is -3.83. The molecule has 8 heteroatoms. The van der Waals surface area contributed by atoms with Crippen LogP contribution in [0.5, 0.6) is 5.75 Å². The Morgan fingerprint density at radius 2 is 1.96 bits per heavy atom. The molecule has 0 bridgehead atoms. The molecule has 0 N–H and O–H groups in total. The lowest BCUT2D eigenvalue weighted by Gasteiger charge is -2.13. The molecular weight excluding hydrogens is 372 g/mol. The minimum Gasteiger partial charge on any atom is -0.497 e. The summed E-state index contributed by atoms with van der Waals surface area (Å²) in [6.45, 7) is -0.0870. The van der Waals surface area contributed by atoms with Gasteiger partial charge in [-0.2, -0.15) is 0 Å². The zero-order valence-corrected chi connectivity index (χ0v) is 15.4. The number of methoxy groups -OCH3 is 1. The summed E-state index contributed by atoms with van der Waals surface area (Å²) in [6, 6.07) is 13.7. The highest BCUT2D eigenvalue weighted by Crippen LogP contribution is 2.32. The average Bonchev–Trinajstić information content (AvgIpc) is 3.20. The number of carbonyl (C=O) groups is 1. The molecule has 0 saturated heterocycles. The summed E-state index contributed by atoms with van der Waals surface area (Å²) in [5, 5.41) is 2.50. The largest absolute Gasteiger partial charge is 0.497 e. The van der Waals surface area contributed by atoms with Crippen LogP contribution in [0.1, 0.15) is 16.1 Å². The molecule has 1 aliphatic heterocycles. The Morgan fingerprint density at radius 1 is 1.15 bits per heavy atom. The summed E-state index contributed by atoms with van der Waals surface area (Å²) in [4.78, 5) is 17.0. The van der Waals surface area contributed by atoms with Gasteiger partial charge in [0.25, 0.3) is 15.9 Å². The number of rotatable bonds is 4. The quantitative estimate of drug-likeness (QED) is 0.688. The number of carbonyl (C=O) groups excluding carboxylic acids is 1. The first-order valence-corrected chi connectivity index (χ1v) is 10.1. The molecule has 26 heavy (non-hydrogen) atoms. The molecule has 132 valence electrons. The van der Waals surface area contributed by atoms with Crippen LogP contribution in [0.3, 0.4) is 0 Å². The fraction of sp³-hybridized carbons (Fsp3) is 0.111. The van der Waals surface area contributed by atoms with Crippen molar-refractivity contribution >= 4 is 27.3 Å². The van der Waals surface area contributed by atoms with Gasteiger partial charge in [-0.1, -0.05) is 24.3 Å². The Kier molecular flexibility index (Phi) is 4.01. The Hall–Kier alpha value is -2.71. The van der Waals surface area contributed by atoms with Gasteiger partial charge >= 0.3 is 0 Å². The van der Waals surface area contributed by atoms with Crippen LogP contribution in [0.25, 0.3) is 10.6 Å². The number of nitrogens with zero attached hydrogens (tertiary/aromatic N) is 2. The van der Waals surface area contributed by atoms with Crippen molar-refractivity contribution < 1.29 is 17.9 Å². The fourth-order valence-electron chi connectivity index (χ4n) is 2.80. The highest BCUT2D eigenvalue weighted by atomic mass is 32.2. The van der Waals surface area contributed by atoms with E-state index < -0.39 is 15.9 Å². The van der Waals surface area contributed by atoms with E-state index in [2.05, 4.69) is 4.98 Å². The van der Waals surface area contributed by atoms with Crippen LogP contribution in [0.4, 0.5) is 0 Å². The maximum atomic E-state index is 12.6. The third-order valence-corrected chi connectivity index (χ3v) is 6.81. The molecule has 0 radical (unpaired) electrons. The maximum Gasteiger partial charge on any atom is 0.269 e. The number of thiazole rings is 1. The molecule has 6 nitrogen and oxygen atoms in total. The van der Waals surface area contributed by atoms with Crippen molar-refractivity contribution in [1.82, 2.24) is 9.29 Å². The van der Waals surface area contributed by atoms with Crippen molar-refractivity contribution in [3.8, 4) is 16.3 Å². The zero-order valence-electron chi connectivity index (χ0n) is 13.7. The van der Waals surface area contributed by atoms with Gasteiger partial charge in [0.15, 0.2) is 0 Å². The molecule has 4 rings (SSSR count). The van der Waals surface area contributed by atoms with Crippen LogP contribution in [0.2, 0.25) is 0 Å². The number of ether oxygens (including phenoxy) is 1. The summed E-state index contributed by atoms with van der Waals surface area (Å²) in [6.07, 6.45) is 0. The van der Waals surface area contributed by atoms with Crippen LogP contribution >= 0.6 is 11.3 Å². The predicted octanol–water partition coefficient (Wildman–Crippen LogP) is 3.16. The number of amides is 1. The van der Waals surface area contributed by atoms with E-state index >= 15 is 0 Å². The van der Waals surface area contributed by atoms with Crippen LogP contribution in [0, 0.1) is 0 Å². The van der Waals surface area contributed by atoms with Gasteiger partial charge in [0.1, 0.15) is 15.7 Å². The molecule has 0 aliphatic carbocycles. The van der Waals surface area contributed by atoms with Crippen molar-refractivity contribution in [1.29, 1.82) is 0 Å². The van der Waals surface area contributed by atoms with E-state index in [1.54, 1.807) is 24.6 Å². The lowest BCUT2D eigenvalue weighted by Crippen LogP contribution is -2.29. The highest BCUT2D eigenvalue weighted by molar-refractivity contribution is 7.90. The predicted molar refractivity (Wildman–Crippen MR) is 97.6 cm³/mol. The maximum absolute atomic E-state index is 12.6. The number of benzene rings is 2. The summed E-state index contributed by atoms with van der Waals surface area (Å²) in [5.74, 6) is 0.198. The molecule has 1 amide bonds. The van der Waals surface area contributed by atoms with Crippen molar-refractivity contribution in [2.45, 2.75) is 11.4 Å². The number of fused-ring (bicyclic) bond motifs is 1. The van der Waals surface area contributed by atoms with Gasteiger partial charge in [0.2, 0.25) is 0 Å². The van der Waals surface area contributed by atoms with E-state index in [4.69, 9.17) is 4.74 Å². The highest BCUT2D eigenvalue weighted by Gasteiger charge is 2.41.